The summed E-state index contributed by atoms with van der Waals surface area (Å²) >= 11 is 0. The Morgan fingerprint density at radius 3 is 2.47 bits per heavy atom. The molecule has 0 heterocycles. The molecule has 1 fully saturated rings. The molecule has 2 rings (SSSR count). The lowest BCUT2D eigenvalue weighted by molar-refractivity contribution is -0.145. The number of aromatic hydroxyl groups is 1. The molecule has 1 saturated carbocycles. The van der Waals surface area contributed by atoms with Crippen molar-refractivity contribution in [3.05, 3.63) is 29.3 Å². The molecule has 2 N–H and O–H groups in total. The lowest BCUT2D eigenvalue weighted by Gasteiger charge is -2.34. The maximum absolute atomic E-state index is 11.6. The van der Waals surface area contributed by atoms with Gasteiger partial charge >= 0.3 is 5.97 Å². The average molecular weight is 234 g/mol. The van der Waals surface area contributed by atoms with Gasteiger partial charge in [-0.2, -0.15) is 0 Å². The summed E-state index contributed by atoms with van der Waals surface area (Å²) in [7, 11) is 0. The van der Waals surface area contributed by atoms with E-state index in [1.807, 2.05) is 13.0 Å². The molecule has 3 heteroatoms. The SMILES string of the molecule is Cc1ccc(O)c(C2(C(=O)O)CCCCC2)c1. The maximum atomic E-state index is 11.6. The van der Waals surface area contributed by atoms with Crippen LogP contribution in [0.3, 0.4) is 0 Å². The van der Waals surface area contributed by atoms with Crippen LogP contribution in [0.1, 0.15) is 43.2 Å². The van der Waals surface area contributed by atoms with Gasteiger partial charge in [-0.1, -0.05) is 37.0 Å². The highest BCUT2D eigenvalue weighted by atomic mass is 16.4. The molecule has 0 aliphatic heterocycles. The minimum absolute atomic E-state index is 0.111. The summed E-state index contributed by atoms with van der Waals surface area (Å²) in [6.07, 6.45) is 4.17. The predicted molar refractivity (Wildman–Crippen MR) is 65.2 cm³/mol. The third-order valence-electron chi connectivity index (χ3n) is 3.78. The standard InChI is InChI=1S/C14H18O3/c1-10-5-6-12(15)11(9-10)14(13(16)17)7-3-2-4-8-14/h5-6,9,15H,2-4,7-8H2,1H3,(H,16,17). The molecule has 0 amide bonds. The van der Waals surface area contributed by atoms with Gasteiger partial charge in [-0.15, -0.1) is 0 Å². The van der Waals surface area contributed by atoms with Gasteiger partial charge in [0, 0.05) is 5.56 Å². The van der Waals surface area contributed by atoms with Crippen molar-refractivity contribution in [1.82, 2.24) is 0 Å². The number of hydrogen-bond donors (Lipinski definition) is 2. The number of aliphatic carboxylic acids is 1. The van der Waals surface area contributed by atoms with Crippen molar-refractivity contribution in [2.75, 3.05) is 0 Å². The van der Waals surface area contributed by atoms with Crippen LogP contribution in [0, 0.1) is 6.92 Å². The van der Waals surface area contributed by atoms with Gasteiger partial charge in [-0.3, -0.25) is 4.79 Å². The summed E-state index contributed by atoms with van der Waals surface area (Å²) in [4.78, 5) is 11.6. The molecule has 1 aromatic rings. The number of carboxylic acid groups (broad SMARTS) is 1. The van der Waals surface area contributed by atoms with E-state index in [0.29, 0.717) is 18.4 Å². The Kier molecular flexibility index (Phi) is 3.09. The molecule has 0 aromatic heterocycles. The van der Waals surface area contributed by atoms with Gasteiger partial charge < -0.3 is 10.2 Å². The molecular formula is C14H18O3. The predicted octanol–water partition coefficient (Wildman–Crippen LogP) is 2.99. The van der Waals surface area contributed by atoms with Gasteiger partial charge in [0.2, 0.25) is 0 Å². The molecule has 92 valence electrons. The van der Waals surface area contributed by atoms with Crippen LogP contribution in [-0.4, -0.2) is 16.2 Å². The first kappa shape index (κ1) is 12.0. The van der Waals surface area contributed by atoms with Gasteiger partial charge in [0.15, 0.2) is 0 Å². The van der Waals surface area contributed by atoms with E-state index in [2.05, 4.69) is 0 Å². The Morgan fingerprint density at radius 2 is 1.88 bits per heavy atom. The van der Waals surface area contributed by atoms with Gasteiger partial charge in [-0.05, 0) is 25.8 Å². The Hall–Kier alpha value is -1.51. The number of benzene rings is 1. The zero-order valence-corrected chi connectivity index (χ0v) is 10.1. The van der Waals surface area contributed by atoms with Crippen LogP contribution in [-0.2, 0) is 10.2 Å². The van der Waals surface area contributed by atoms with Crippen molar-refractivity contribution in [2.24, 2.45) is 0 Å². The molecule has 0 spiro atoms. The number of phenolic OH excluding ortho intramolecular Hbond substituents is 1. The van der Waals surface area contributed by atoms with E-state index >= 15 is 0 Å². The summed E-state index contributed by atoms with van der Waals surface area (Å²) < 4.78 is 0. The molecule has 1 aliphatic carbocycles. The van der Waals surface area contributed by atoms with Crippen LogP contribution in [0.5, 0.6) is 5.75 Å². The zero-order chi connectivity index (χ0) is 12.5. The summed E-state index contributed by atoms with van der Waals surface area (Å²) in [5.41, 5.74) is 0.697. The Balaban J connectivity index is 2.52. The molecule has 17 heavy (non-hydrogen) atoms. The molecular weight excluding hydrogens is 216 g/mol. The molecule has 3 nitrogen and oxygen atoms in total. The third kappa shape index (κ3) is 2.02. The van der Waals surface area contributed by atoms with Crippen LogP contribution in [0.2, 0.25) is 0 Å². The fourth-order valence-corrected chi connectivity index (χ4v) is 2.79. The highest BCUT2D eigenvalue weighted by molar-refractivity contribution is 5.82. The van der Waals surface area contributed by atoms with E-state index in [-0.39, 0.29) is 5.75 Å². The molecule has 0 atom stereocenters. The lowest BCUT2D eigenvalue weighted by atomic mass is 9.69. The monoisotopic (exact) mass is 234 g/mol. The first-order valence-electron chi connectivity index (χ1n) is 6.10. The van der Waals surface area contributed by atoms with E-state index in [4.69, 9.17) is 0 Å². The minimum atomic E-state index is -0.881. The summed E-state index contributed by atoms with van der Waals surface area (Å²) in [5, 5.41) is 19.5. The Bertz CT molecular complexity index is 431. The number of aryl methyl sites for hydroxylation is 1. The lowest BCUT2D eigenvalue weighted by Crippen LogP contribution is -2.37. The van der Waals surface area contributed by atoms with E-state index in [1.165, 1.54) is 0 Å². The molecule has 0 radical (unpaired) electrons. The van der Waals surface area contributed by atoms with Gasteiger partial charge in [-0.25, -0.2) is 0 Å². The van der Waals surface area contributed by atoms with Crippen molar-refractivity contribution in [2.45, 2.75) is 44.4 Å². The zero-order valence-electron chi connectivity index (χ0n) is 10.1. The van der Waals surface area contributed by atoms with E-state index < -0.39 is 11.4 Å². The molecule has 0 bridgehead atoms. The van der Waals surface area contributed by atoms with E-state index in [0.717, 1.165) is 24.8 Å². The number of rotatable bonds is 2. The van der Waals surface area contributed by atoms with Gasteiger partial charge in [0.1, 0.15) is 5.75 Å². The fraction of sp³-hybridized carbons (Fsp3) is 0.500. The first-order valence-corrected chi connectivity index (χ1v) is 6.10. The second kappa shape index (κ2) is 4.40. The Labute approximate surface area is 101 Å². The summed E-state index contributed by atoms with van der Waals surface area (Å²) in [5.74, 6) is -0.696. The van der Waals surface area contributed by atoms with Crippen molar-refractivity contribution < 1.29 is 15.0 Å². The number of carboxylic acids is 1. The van der Waals surface area contributed by atoms with Crippen LogP contribution >= 0.6 is 0 Å². The maximum Gasteiger partial charge on any atom is 0.314 e. The van der Waals surface area contributed by atoms with Crippen LogP contribution in [0.25, 0.3) is 0 Å². The second-order valence-electron chi connectivity index (χ2n) is 4.97. The van der Waals surface area contributed by atoms with Crippen LogP contribution in [0.15, 0.2) is 18.2 Å². The number of carbonyl (C=O) groups is 1. The van der Waals surface area contributed by atoms with Gasteiger partial charge in [0.25, 0.3) is 0 Å². The Morgan fingerprint density at radius 1 is 1.24 bits per heavy atom. The largest absolute Gasteiger partial charge is 0.508 e. The smallest absolute Gasteiger partial charge is 0.314 e. The van der Waals surface area contributed by atoms with E-state index in [9.17, 15) is 15.0 Å². The van der Waals surface area contributed by atoms with Crippen molar-refractivity contribution in [3.8, 4) is 5.75 Å². The molecule has 1 aromatic carbocycles. The quantitative estimate of drug-likeness (QED) is 0.827. The molecule has 0 saturated heterocycles. The second-order valence-corrected chi connectivity index (χ2v) is 4.97. The normalized spacial score (nSPS) is 18.9. The van der Waals surface area contributed by atoms with Crippen molar-refractivity contribution >= 4 is 5.97 Å². The highest BCUT2D eigenvalue weighted by Gasteiger charge is 2.42. The van der Waals surface area contributed by atoms with Crippen molar-refractivity contribution in [1.29, 1.82) is 0 Å². The number of hydrogen-bond acceptors (Lipinski definition) is 2. The van der Waals surface area contributed by atoms with Crippen LogP contribution in [0.4, 0.5) is 0 Å². The molecule has 0 unspecified atom stereocenters. The topological polar surface area (TPSA) is 57.5 Å². The van der Waals surface area contributed by atoms with E-state index in [1.54, 1.807) is 12.1 Å². The van der Waals surface area contributed by atoms with Crippen molar-refractivity contribution in [3.63, 3.8) is 0 Å². The first-order chi connectivity index (χ1) is 8.06. The van der Waals surface area contributed by atoms with Crippen LogP contribution < -0.4 is 0 Å². The molecule has 1 aliphatic rings. The fourth-order valence-electron chi connectivity index (χ4n) is 2.79. The number of phenols is 1. The van der Waals surface area contributed by atoms with Gasteiger partial charge in [0.05, 0.1) is 5.41 Å². The average Bonchev–Trinajstić information content (AvgIpc) is 2.33. The summed E-state index contributed by atoms with van der Waals surface area (Å²) in [6.45, 7) is 1.92. The minimum Gasteiger partial charge on any atom is -0.508 e. The highest BCUT2D eigenvalue weighted by Crippen LogP contribution is 2.43. The third-order valence-corrected chi connectivity index (χ3v) is 3.78. The summed E-state index contributed by atoms with van der Waals surface area (Å²) in [6, 6.07) is 5.22.